The monoisotopic (exact) mass is 245 g/mol. The van der Waals surface area contributed by atoms with Crippen LogP contribution in [0.5, 0.6) is 0 Å². The van der Waals surface area contributed by atoms with Gasteiger partial charge in [-0.15, -0.1) is 0 Å². The van der Waals surface area contributed by atoms with Crippen LogP contribution in [0.15, 0.2) is 0 Å². The average molecular weight is 245 g/mol. The summed E-state index contributed by atoms with van der Waals surface area (Å²) in [5, 5.41) is 11.0. The molecule has 0 aromatic rings. The number of ether oxygens (including phenoxy) is 1. The molecule has 0 aliphatic heterocycles. The van der Waals surface area contributed by atoms with Gasteiger partial charge in [0.05, 0.1) is 7.11 Å². The Morgan fingerprint density at radius 2 is 1.82 bits per heavy atom. The van der Waals surface area contributed by atoms with Gasteiger partial charge >= 0.3 is 11.9 Å². The van der Waals surface area contributed by atoms with Crippen LogP contribution in [0.25, 0.3) is 0 Å². The summed E-state index contributed by atoms with van der Waals surface area (Å²) in [6.07, 6.45) is 0.289. The third-order valence-electron chi connectivity index (χ3n) is 2.23. The van der Waals surface area contributed by atoms with E-state index in [1.807, 2.05) is 0 Å². The average Bonchev–Trinajstić information content (AvgIpc) is 2.24. The van der Waals surface area contributed by atoms with Gasteiger partial charge in [-0.25, -0.2) is 4.79 Å². The van der Waals surface area contributed by atoms with Gasteiger partial charge in [0.1, 0.15) is 6.04 Å². The van der Waals surface area contributed by atoms with Crippen molar-refractivity contribution in [1.82, 2.24) is 5.32 Å². The molecular formula is C11H19NO5. The predicted molar refractivity (Wildman–Crippen MR) is 60.3 cm³/mol. The molecule has 0 rings (SSSR count). The lowest BCUT2D eigenvalue weighted by molar-refractivity contribution is -0.146. The summed E-state index contributed by atoms with van der Waals surface area (Å²) < 4.78 is 4.57. The molecule has 0 fully saturated rings. The lowest BCUT2D eigenvalue weighted by Crippen LogP contribution is -2.44. The van der Waals surface area contributed by atoms with Crippen LogP contribution in [0.3, 0.4) is 0 Å². The van der Waals surface area contributed by atoms with Crippen molar-refractivity contribution in [2.24, 2.45) is 5.92 Å². The predicted octanol–water partition coefficient (Wildman–Crippen LogP) is 0.555. The van der Waals surface area contributed by atoms with Crippen molar-refractivity contribution in [3.63, 3.8) is 0 Å². The molecule has 0 aliphatic rings. The molecule has 0 spiro atoms. The Balaban J connectivity index is 4.13. The highest BCUT2D eigenvalue weighted by Crippen LogP contribution is 2.05. The van der Waals surface area contributed by atoms with Gasteiger partial charge in [-0.2, -0.15) is 0 Å². The molecule has 17 heavy (non-hydrogen) atoms. The van der Waals surface area contributed by atoms with E-state index in [1.54, 1.807) is 13.8 Å². The maximum Gasteiger partial charge on any atom is 0.328 e. The molecule has 0 aromatic heterocycles. The maximum absolute atomic E-state index is 11.4. The van der Waals surface area contributed by atoms with Crippen LogP contribution >= 0.6 is 0 Å². The van der Waals surface area contributed by atoms with Crippen molar-refractivity contribution in [1.29, 1.82) is 0 Å². The van der Waals surface area contributed by atoms with E-state index >= 15 is 0 Å². The Hall–Kier alpha value is -1.59. The number of nitrogens with one attached hydrogen (secondary N) is 1. The Morgan fingerprint density at radius 3 is 2.24 bits per heavy atom. The first kappa shape index (κ1) is 15.4. The van der Waals surface area contributed by atoms with Crippen molar-refractivity contribution >= 4 is 17.8 Å². The van der Waals surface area contributed by atoms with Crippen molar-refractivity contribution in [3.8, 4) is 0 Å². The number of amides is 1. The fourth-order valence-electron chi connectivity index (χ4n) is 1.27. The minimum atomic E-state index is -0.939. The molecule has 0 aromatic carbocycles. The topological polar surface area (TPSA) is 92.7 Å². The second-order valence-electron chi connectivity index (χ2n) is 4.06. The summed E-state index contributed by atoms with van der Waals surface area (Å²) in [4.78, 5) is 33.0. The molecule has 6 heteroatoms. The number of hydrogen-bond donors (Lipinski definition) is 2. The van der Waals surface area contributed by atoms with Gasteiger partial charge in [0.2, 0.25) is 5.91 Å². The largest absolute Gasteiger partial charge is 0.481 e. The molecule has 2 N–H and O–H groups in total. The molecule has 0 saturated carbocycles. The number of esters is 1. The van der Waals surface area contributed by atoms with Gasteiger partial charge in [0, 0.05) is 12.8 Å². The van der Waals surface area contributed by atoms with E-state index in [4.69, 9.17) is 5.11 Å². The number of methoxy groups -OCH3 is 1. The lowest BCUT2D eigenvalue weighted by atomic mass is 10.0. The third-order valence-corrected chi connectivity index (χ3v) is 2.23. The van der Waals surface area contributed by atoms with Crippen LogP contribution in [-0.2, 0) is 19.1 Å². The van der Waals surface area contributed by atoms with Crippen molar-refractivity contribution in [2.75, 3.05) is 7.11 Å². The molecular weight excluding hydrogens is 226 g/mol. The Morgan fingerprint density at radius 1 is 1.24 bits per heavy atom. The number of carboxylic acid groups (broad SMARTS) is 1. The number of rotatable bonds is 7. The lowest BCUT2D eigenvalue weighted by Gasteiger charge is -2.19. The van der Waals surface area contributed by atoms with Gasteiger partial charge in [-0.1, -0.05) is 13.8 Å². The highest BCUT2D eigenvalue weighted by molar-refractivity contribution is 5.84. The van der Waals surface area contributed by atoms with Crippen molar-refractivity contribution in [2.45, 2.75) is 39.2 Å². The second kappa shape index (κ2) is 7.65. The Labute approximate surface area is 100 Å². The number of carboxylic acids is 1. The number of carbonyl (C=O) groups is 3. The quantitative estimate of drug-likeness (QED) is 0.639. The van der Waals surface area contributed by atoms with Crippen molar-refractivity contribution in [3.05, 3.63) is 0 Å². The number of carbonyl (C=O) groups excluding carboxylic acids is 2. The van der Waals surface area contributed by atoms with E-state index in [1.165, 1.54) is 7.11 Å². The SMILES string of the molecule is COC(=O)C(NC(=O)CCCC(=O)O)C(C)C. The summed E-state index contributed by atoms with van der Waals surface area (Å²) in [5.41, 5.74) is 0. The van der Waals surface area contributed by atoms with E-state index < -0.39 is 18.0 Å². The fraction of sp³-hybridized carbons (Fsp3) is 0.727. The van der Waals surface area contributed by atoms with Gasteiger partial charge < -0.3 is 15.2 Å². The first-order valence-corrected chi connectivity index (χ1v) is 5.47. The van der Waals surface area contributed by atoms with Crippen LogP contribution < -0.4 is 5.32 Å². The first-order valence-electron chi connectivity index (χ1n) is 5.47. The molecule has 98 valence electrons. The standard InChI is InChI=1S/C11H19NO5/c1-7(2)10(11(16)17-3)12-8(13)5-4-6-9(14)15/h7,10H,4-6H2,1-3H3,(H,12,13)(H,14,15). The van der Waals surface area contributed by atoms with E-state index in [2.05, 4.69) is 10.1 Å². The molecule has 1 unspecified atom stereocenters. The van der Waals surface area contributed by atoms with Crippen molar-refractivity contribution < 1.29 is 24.2 Å². The Kier molecular flexibility index (Phi) is 6.93. The number of aliphatic carboxylic acids is 1. The highest BCUT2D eigenvalue weighted by Gasteiger charge is 2.24. The van der Waals surface area contributed by atoms with Gasteiger partial charge in [0.25, 0.3) is 0 Å². The molecule has 1 atom stereocenters. The zero-order valence-corrected chi connectivity index (χ0v) is 10.4. The normalized spacial score (nSPS) is 12.0. The molecule has 0 saturated heterocycles. The molecule has 0 bridgehead atoms. The van der Waals surface area contributed by atoms with E-state index in [0.29, 0.717) is 0 Å². The van der Waals surface area contributed by atoms with Gasteiger partial charge in [0.15, 0.2) is 0 Å². The van der Waals surface area contributed by atoms with Crippen LogP contribution in [0.1, 0.15) is 33.1 Å². The summed E-state index contributed by atoms with van der Waals surface area (Å²) in [6.45, 7) is 3.58. The second-order valence-corrected chi connectivity index (χ2v) is 4.06. The zero-order valence-electron chi connectivity index (χ0n) is 10.4. The maximum atomic E-state index is 11.4. The molecule has 1 amide bonds. The van der Waals surface area contributed by atoms with E-state index in [-0.39, 0.29) is 31.1 Å². The summed E-state index contributed by atoms with van der Waals surface area (Å²) in [6, 6.07) is -0.683. The first-order chi connectivity index (χ1) is 7.88. The summed E-state index contributed by atoms with van der Waals surface area (Å²) >= 11 is 0. The smallest absolute Gasteiger partial charge is 0.328 e. The zero-order chi connectivity index (χ0) is 13.4. The summed E-state index contributed by atoms with van der Waals surface area (Å²) in [5.74, 6) is -1.85. The van der Waals surface area contributed by atoms with Crippen LogP contribution in [-0.4, -0.2) is 36.1 Å². The minimum absolute atomic E-state index is 0.0576. The van der Waals surface area contributed by atoms with Gasteiger partial charge in [-0.3, -0.25) is 9.59 Å². The minimum Gasteiger partial charge on any atom is -0.481 e. The highest BCUT2D eigenvalue weighted by atomic mass is 16.5. The third kappa shape index (κ3) is 6.55. The van der Waals surface area contributed by atoms with Crippen LogP contribution in [0.2, 0.25) is 0 Å². The van der Waals surface area contributed by atoms with Gasteiger partial charge in [-0.05, 0) is 12.3 Å². The molecule has 0 heterocycles. The number of hydrogen-bond acceptors (Lipinski definition) is 4. The Bertz CT molecular complexity index is 288. The molecule has 0 radical (unpaired) electrons. The summed E-state index contributed by atoms with van der Waals surface area (Å²) in [7, 11) is 1.26. The van der Waals surface area contributed by atoms with Crippen LogP contribution in [0, 0.1) is 5.92 Å². The fourth-order valence-corrected chi connectivity index (χ4v) is 1.27. The van der Waals surface area contributed by atoms with Crippen LogP contribution in [0.4, 0.5) is 0 Å². The van der Waals surface area contributed by atoms with E-state index in [9.17, 15) is 14.4 Å². The van der Waals surface area contributed by atoms with E-state index in [0.717, 1.165) is 0 Å². The molecule has 6 nitrogen and oxygen atoms in total. The molecule has 0 aliphatic carbocycles.